The largest absolute Gasteiger partial charge is 0.384 e. The highest BCUT2D eigenvalue weighted by molar-refractivity contribution is 5.95. The predicted octanol–water partition coefficient (Wildman–Crippen LogP) is 1.67. The van der Waals surface area contributed by atoms with Crippen molar-refractivity contribution >= 4 is 5.84 Å². The summed E-state index contributed by atoms with van der Waals surface area (Å²) in [4.78, 5) is 1.53. The predicted molar refractivity (Wildman–Crippen MR) is 59.8 cm³/mol. The van der Waals surface area contributed by atoms with Gasteiger partial charge in [0.2, 0.25) is 0 Å². The molecule has 0 aromatic heterocycles. The van der Waals surface area contributed by atoms with Crippen molar-refractivity contribution in [2.24, 2.45) is 5.73 Å². The lowest BCUT2D eigenvalue weighted by molar-refractivity contribution is 0.0975. The van der Waals surface area contributed by atoms with Crippen LogP contribution in [0.1, 0.15) is 11.1 Å². The fourth-order valence-corrected chi connectivity index (χ4v) is 1.45. The SMILES string of the molecule is CN(Cc1cccc(C(=N)N)c1)CC(F)F. The number of hydrogen-bond acceptors (Lipinski definition) is 2. The number of nitrogens with one attached hydrogen (secondary N) is 1. The van der Waals surface area contributed by atoms with Crippen LogP contribution in [-0.4, -0.2) is 30.8 Å². The van der Waals surface area contributed by atoms with Gasteiger partial charge < -0.3 is 5.73 Å². The Balaban J connectivity index is 2.66. The van der Waals surface area contributed by atoms with E-state index in [4.69, 9.17) is 11.1 Å². The summed E-state index contributed by atoms with van der Waals surface area (Å²) in [6.45, 7) is 0.162. The fourth-order valence-electron chi connectivity index (χ4n) is 1.45. The number of hydrogen-bond donors (Lipinski definition) is 2. The first kappa shape index (κ1) is 12.6. The van der Waals surface area contributed by atoms with Crippen LogP contribution in [0.5, 0.6) is 0 Å². The second-order valence-corrected chi connectivity index (χ2v) is 3.70. The van der Waals surface area contributed by atoms with Crippen LogP contribution in [0.4, 0.5) is 8.78 Å². The number of nitrogens with two attached hydrogens (primary N) is 1. The molecule has 0 fully saturated rings. The topological polar surface area (TPSA) is 53.1 Å². The molecule has 1 aromatic rings. The Morgan fingerprint density at radius 3 is 2.75 bits per heavy atom. The van der Waals surface area contributed by atoms with Crippen LogP contribution in [0.3, 0.4) is 0 Å². The molecule has 3 N–H and O–H groups in total. The number of benzene rings is 1. The van der Waals surface area contributed by atoms with E-state index in [1.54, 1.807) is 25.2 Å². The summed E-state index contributed by atoms with van der Waals surface area (Å²) >= 11 is 0. The number of rotatable bonds is 5. The van der Waals surface area contributed by atoms with Crippen molar-refractivity contribution in [1.29, 1.82) is 5.41 Å². The molecule has 3 nitrogen and oxygen atoms in total. The highest BCUT2D eigenvalue weighted by atomic mass is 19.3. The number of nitrogen functional groups attached to an aromatic ring is 1. The monoisotopic (exact) mass is 227 g/mol. The summed E-state index contributed by atoms with van der Waals surface area (Å²) in [7, 11) is 1.63. The van der Waals surface area contributed by atoms with Gasteiger partial charge in [0.05, 0.1) is 6.54 Å². The molecule has 5 heteroatoms. The first-order valence-corrected chi connectivity index (χ1v) is 4.89. The van der Waals surface area contributed by atoms with E-state index in [2.05, 4.69) is 0 Å². The minimum Gasteiger partial charge on any atom is -0.384 e. The number of nitrogens with zero attached hydrogens (tertiary/aromatic N) is 1. The van der Waals surface area contributed by atoms with Crippen LogP contribution in [0.15, 0.2) is 24.3 Å². The van der Waals surface area contributed by atoms with Crippen LogP contribution < -0.4 is 5.73 Å². The minimum absolute atomic E-state index is 0.0154. The quantitative estimate of drug-likeness (QED) is 0.594. The summed E-state index contributed by atoms with van der Waals surface area (Å²) in [5.41, 5.74) is 6.83. The van der Waals surface area contributed by atoms with Gasteiger partial charge in [0.25, 0.3) is 6.43 Å². The molecule has 88 valence electrons. The van der Waals surface area contributed by atoms with Crippen molar-refractivity contribution in [3.05, 3.63) is 35.4 Å². The normalized spacial score (nSPS) is 11.1. The molecule has 0 aliphatic carbocycles. The Hall–Kier alpha value is -1.49. The van der Waals surface area contributed by atoms with E-state index in [0.717, 1.165) is 5.56 Å². The summed E-state index contributed by atoms with van der Waals surface area (Å²) < 4.78 is 24.2. The third-order valence-electron chi connectivity index (χ3n) is 2.14. The van der Waals surface area contributed by atoms with Crippen LogP contribution >= 0.6 is 0 Å². The Labute approximate surface area is 93.4 Å². The maximum Gasteiger partial charge on any atom is 0.251 e. The van der Waals surface area contributed by atoms with Gasteiger partial charge >= 0.3 is 0 Å². The maximum atomic E-state index is 12.1. The van der Waals surface area contributed by atoms with Crippen LogP contribution in [0.25, 0.3) is 0 Å². The van der Waals surface area contributed by atoms with Gasteiger partial charge in [-0.1, -0.05) is 18.2 Å². The molecule has 0 aliphatic rings. The van der Waals surface area contributed by atoms with Gasteiger partial charge in [0, 0.05) is 12.1 Å². The van der Waals surface area contributed by atoms with Crippen LogP contribution in [-0.2, 0) is 6.54 Å². The summed E-state index contributed by atoms with van der Waals surface area (Å²) in [5, 5.41) is 7.27. The molecule has 16 heavy (non-hydrogen) atoms. The van der Waals surface area contributed by atoms with E-state index in [0.29, 0.717) is 12.1 Å². The highest BCUT2D eigenvalue weighted by Crippen LogP contribution is 2.08. The van der Waals surface area contributed by atoms with Gasteiger partial charge in [0.1, 0.15) is 5.84 Å². The standard InChI is InChI=1S/C11H15F2N3/c1-16(7-10(12)13)6-8-3-2-4-9(5-8)11(14)15/h2-5,10H,6-7H2,1H3,(H3,14,15). The average Bonchev–Trinajstić information content (AvgIpc) is 2.16. The third-order valence-corrected chi connectivity index (χ3v) is 2.14. The molecule has 0 bridgehead atoms. The molecule has 1 aromatic carbocycles. The third kappa shape index (κ3) is 3.94. The Morgan fingerprint density at radius 2 is 2.19 bits per heavy atom. The summed E-state index contributed by atoms with van der Waals surface area (Å²) in [5.74, 6) is -0.0154. The zero-order chi connectivity index (χ0) is 12.1. The molecule has 0 saturated carbocycles. The fraction of sp³-hybridized carbons (Fsp3) is 0.364. The van der Waals surface area contributed by atoms with E-state index >= 15 is 0 Å². The van der Waals surface area contributed by atoms with Gasteiger partial charge in [-0.15, -0.1) is 0 Å². The van der Waals surface area contributed by atoms with Crippen LogP contribution in [0, 0.1) is 5.41 Å². The van der Waals surface area contributed by atoms with Gasteiger partial charge in [-0.3, -0.25) is 10.3 Å². The smallest absolute Gasteiger partial charge is 0.251 e. The van der Waals surface area contributed by atoms with E-state index in [9.17, 15) is 8.78 Å². The van der Waals surface area contributed by atoms with Crippen molar-refractivity contribution in [3.8, 4) is 0 Å². The zero-order valence-corrected chi connectivity index (χ0v) is 9.08. The molecule has 0 aliphatic heterocycles. The van der Waals surface area contributed by atoms with Gasteiger partial charge in [-0.05, 0) is 18.7 Å². The summed E-state index contributed by atoms with van der Waals surface area (Å²) in [6.07, 6.45) is -2.33. The maximum absolute atomic E-state index is 12.1. The molecule has 1 rings (SSSR count). The van der Waals surface area contributed by atoms with Crippen molar-refractivity contribution in [3.63, 3.8) is 0 Å². The lowest BCUT2D eigenvalue weighted by Crippen LogP contribution is -2.24. The van der Waals surface area contributed by atoms with Crippen LogP contribution in [0.2, 0.25) is 0 Å². The zero-order valence-electron chi connectivity index (χ0n) is 9.08. The average molecular weight is 227 g/mol. The lowest BCUT2D eigenvalue weighted by atomic mass is 10.1. The van der Waals surface area contributed by atoms with Gasteiger partial charge in [0.15, 0.2) is 0 Å². The van der Waals surface area contributed by atoms with E-state index in [1.807, 2.05) is 6.07 Å². The second kappa shape index (κ2) is 5.55. The molecule has 0 atom stereocenters. The Kier molecular flexibility index (Phi) is 4.37. The first-order chi connectivity index (χ1) is 7.49. The van der Waals surface area contributed by atoms with Crippen molar-refractivity contribution in [2.75, 3.05) is 13.6 Å². The van der Waals surface area contributed by atoms with E-state index < -0.39 is 6.43 Å². The molecule has 0 spiro atoms. The van der Waals surface area contributed by atoms with Crippen molar-refractivity contribution in [2.45, 2.75) is 13.0 Å². The van der Waals surface area contributed by atoms with E-state index in [-0.39, 0.29) is 12.4 Å². The number of alkyl halides is 2. The highest BCUT2D eigenvalue weighted by Gasteiger charge is 2.08. The molecule has 0 amide bonds. The Bertz CT molecular complexity index is 366. The lowest BCUT2D eigenvalue weighted by Gasteiger charge is -2.16. The number of halogens is 2. The number of amidine groups is 1. The van der Waals surface area contributed by atoms with E-state index in [1.165, 1.54) is 4.90 Å². The Morgan fingerprint density at radius 1 is 1.50 bits per heavy atom. The molecular formula is C11H15F2N3. The second-order valence-electron chi connectivity index (χ2n) is 3.70. The first-order valence-electron chi connectivity index (χ1n) is 4.89. The van der Waals surface area contributed by atoms with Gasteiger partial charge in [-0.2, -0.15) is 0 Å². The molecule has 0 heterocycles. The van der Waals surface area contributed by atoms with Crippen molar-refractivity contribution in [1.82, 2.24) is 4.90 Å². The summed E-state index contributed by atoms with van der Waals surface area (Å²) in [6, 6.07) is 7.06. The molecule has 0 unspecified atom stereocenters. The van der Waals surface area contributed by atoms with Crippen molar-refractivity contribution < 1.29 is 8.78 Å². The molecule has 0 saturated heterocycles. The minimum atomic E-state index is -2.33. The molecule has 0 radical (unpaired) electrons. The molecular weight excluding hydrogens is 212 g/mol. The van der Waals surface area contributed by atoms with Gasteiger partial charge in [-0.25, -0.2) is 8.78 Å².